The Bertz CT molecular complexity index is 382. The fraction of sp³-hybridized carbons (Fsp3) is 0.571. The highest BCUT2D eigenvalue weighted by atomic mass is 32.1. The van der Waals surface area contributed by atoms with Crippen LogP contribution in [0.5, 0.6) is 5.75 Å². The van der Waals surface area contributed by atoms with E-state index < -0.39 is 0 Å². The molecule has 1 unspecified atom stereocenters. The molecular formula is C14H22N2OS. The molecule has 0 fully saturated rings. The molecule has 3 nitrogen and oxygen atoms in total. The Morgan fingerprint density at radius 1 is 1.44 bits per heavy atom. The van der Waals surface area contributed by atoms with E-state index in [1.807, 2.05) is 0 Å². The van der Waals surface area contributed by atoms with E-state index in [-0.39, 0.29) is 6.10 Å². The number of rotatable bonds is 8. The van der Waals surface area contributed by atoms with E-state index in [9.17, 15) is 0 Å². The molecule has 1 aromatic heterocycles. The monoisotopic (exact) mass is 266 g/mol. The molecule has 0 amide bonds. The average Bonchev–Trinajstić information content (AvgIpc) is 2.35. The zero-order valence-electron chi connectivity index (χ0n) is 11.2. The number of ether oxygens (including phenoxy) is 1. The van der Waals surface area contributed by atoms with Gasteiger partial charge in [-0.25, -0.2) is 0 Å². The van der Waals surface area contributed by atoms with Gasteiger partial charge in [-0.1, -0.05) is 38.4 Å². The van der Waals surface area contributed by atoms with Crippen molar-refractivity contribution in [3.05, 3.63) is 24.0 Å². The Balaban J connectivity index is 2.48. The second-order valence-electron chi connectivity index (χ2n) is 4.51. The fourth-order valence-corrected chi connectivity index (χ4v) is 1.98. The fourth-order valence-electron chi connectivity index (χ4n) is 1.81. The molecule has 1 heterocycles. The topological polar surface area (TPSA) is 48.1 Å². The van der Waals surface area contributed by atoms with Crippen molar-refractivity contribution in [2.75, 3.05) is 0 Å². The number of aromatic nitrogens is 1. The summed E-state index contributed by atoms with van der Waals surface area (Å²) in [5.41, 5.74) is 6.42. The van der Waals surface area contributed by atoms with Crippen molar-refractivity contribution >= 4 is 17.2 Å². The van der Waals surface area contributed by atoms with Crippen molar-refractivity contribution in [3.8, 4) is 5.75 Å². The number of pyridine rings is 1. The van der Waals surface area contributed by atoms with Crippen LogP contribution in [0, 0.1) is 0 Å². The van der Waals surface area contributed by atoms with Crippen LogP contribution in [0.4, 0.5) is 0 Å². The molecule has 0 saturated carbocycles. The molecule has 0 spiro atoms. The third-order valence-electron chi connectivity index (χ3n) is 2.84. The molecule has 0 saturated heterocycles. The van der Waals surface area contributed by atoms with Crippen LogP contribution in [0.3, 0.4) is 0 Å². The molecule has 1 aromatic rings. The Labute approximate surface area is 115 Å². The van der Waals surface area contributed by atoms with Gasteiger partial charge >= 0.3 is 0 Å². The molecule has 0 radical (unpaired) electrons. The summed E-state index contributed by atoms with van der Waals surface area (Å²) < 4.78 is 5.86. The van der Waals surface area contributed by atoms with E-state index in [2.05, 4.69) is 18.8 Å². The van der Waals surface area contributed by atoms with Crippen LogP contribution < -0.4 is 10.5 Å². The van der Waals surface area contributed by atoms with Crippen molar-refractivity contribution in [2.45, 2.75) is 52.1 Å². The SMILES string of the molecule is CCCCCCC(C)Oc1cnccc1C(N)=S. The van der Waals surface area contributed by atoms with Gasteiger partial charge in [-0.3, -0.25) is 4.98 Å². The summed E-state index contributed by atoms with van der Waals surface area (Å²) in [5, 5.41) is 0. The summed E-state index contributed by atoms with van der Waals surface area (Å²) in [4.78, 5) is 4.40. The standard InChI is InChI=1S/C14H22N2OS/c1-3-4-5-6-7-11(2)17-13-10-16-9-8-12(13)14(15)18/h8-11H,3-7H2,1-2H3,(H2,15,18). The Morgan fingerprint density at radius 2 is 2.22 bits per heavy atom. The molecule has 1 atom stereocenters. The van der Waals surface area contributed by atoms with Crippen LogP contribution in [-0.2, 0) is 0 Å². The van der Waals surface area contributed by atoms with Gasteiger partial charge in [0.2, 0.25) is 0 Å². The van der Waals surface area contributed by atoms with Crippen LogP contribution in [-0.4, -0.2) is 16.1 Å². The van der Waals surface area contributed by atoms with Gasteiger partial charge in [0.1, 0.15) is 10.7 Å². The number of nitrogens with zero attached hydrogens (tertiary/aromatic N) is 1. The summed E-state index contributed by atoms with van der Waals surface area (Å²) in [6, 6.07) is 1.79. The van der Waals surface area contributed by atoms with Gasteiger partial charge in [-0.2, -0.15) is 0 Å². The predicted molar refractivity (Wildman–Crippen MR) is 79.0 cm³/mol. The van der Waals surface area contributed by atoms with Gasteiger partial charge in [0.15, 0.2) is 0 Å². The molecule has 0 aliphatic carbocycles. The Hall–Kier alpha value is -1.16. The van der Waals surface area contributed by atoms with E-state index >= 15 is 0 Å². The lowest BCUT2D eigenvalue weighted by Gasteiger charge is -2.16. The van der Waals surface area contributed by atoms with Crippen molar-refractivity contribution in [3.63, 3.8) is 0 Å². The Kier molecular flexibility index (Phi) is 6.65. The predicted octanol–water partition coefficient (Wildman–Crippen LogP) is 3.45. The average molecular weight is 266 g/mol. The summed E-state index contributed by atoms with van der Waals surface area (Å²) >= 11 is 4.99. The van der Waals surface area contributed by atoms with E-state index in [1.54, 1.807) is 18.5 Å². The molecule has 2 N–H and O–H groups in total. The smallest absolute Gasteiger partial charge is 0.148 e. The van der Waals surface area contributed by atoms with Crippen LogP contribution in [0.2, 0.25) is 0 Å². The number of unbranched alkanes of at least 4 members (excludes halogenated alkanes) is 3. The first kappa shape index (κ1) is 14.9. The van der Waals surface area contributed by atoms with Crippen LogP contribution in [0.15, 0.2) is 18.5 Å². The summed E-state index contributed by atoms with van der Waals surface area (Å²) in [5.74, 6) is 0.688. The minimum atomic E-state index is 0.166. The first-order valence-electron chi connectivity index (χ1n) is 6.55. The maximum Gasteiger partial charge on any atom is 0.148 e. The first-order valence-corrected chi connectivity index (χ1v) is 6.96. The second-order valence-corrected chi connectivity index (χ2v) is 4.95. The van der Waals surface area contributed by atoms with Gasteiger partial charge in [0.25, 0.3) is 0 Å². The van der Waals surface area contributed by atoms with E-state index in [0.717, 1.165) is 12.0 Å². The maximum atomic E-state index is 5.86. The number of hydrogen-bond acceptors (Lipinski definition) is 3. The normalized spacial score (nSPS) is 12.1. The molecular weight excluding hydrogens is 244 g/mol. The molecule has 100 valence electrons. The first-order chi connectivity index (χ1) is 8.65. The highest BCUT2D eigenvalue weighted by Gasteiger charge is 2.10. The Morgan fingerprint density at radius 3 is 2.89 bits per heavy atom. The third-order valence-corrected chi connectivity index (χ3v) is 3.06. The zero-order valence-corrected chi connectivity index (χ0v) is 12.0. The minimum absolute atomic E-state index is 0.166. The van der Waals surface area contributed by atoms with Crippen molar-refractivity contribution in [2.24, 2.45) is 5.73 Å². The quantitative estimate of drug-likeness (QED) is 0.578. The molecule has 4 heteroatoms. The van der Waals surface area contributed by atoms with E-state index in [0.29, 0.717) is 10.7 Å². The van der Waals surface area contributed by atoms with Crippen LogP contribution in [0.1, 0.15) is 51.5 Å². The minimum Gasteiger partial charge on any atom is -0.488 e. The molecule has 0 bridgehead atoms. The third kappa shape index (κ3) is 5.00. The number of thiocarbonyl (C=S) groups is 1. The molecule has 1 rings (SSSR count). The molecule has 18 heavy (non-hydrogen) atoms. The lowest BCUT2D eigenvalue weighted by molar-refractivity contribution is 0.205. The van der Waals surface area contributed by atoms with Crippen molar-refractivity contribution in [1.82, 2.24) is 4.98 Å². The molecule has 0 aliphatic heterocycles. The number of hydrogen-bond donors (Lipinski definition) is 1. The van der Waals surface area contributed by atoms with Crippen molar-refractivity contribution < 1.29 is 4.74 Å². The zero-order chi connectivity index (χ0) is 13.4. The van der Waals surface area contributed by atoms with Crippen molar-refractivity contribution in [1.29, 1.82) is 0 Å². The van der Waals surface area contributed by atoms with Gasteiger partial charge in [0, 0.05) is 6.20 Å². The van der Waals surface area contributed by atoms with Crippen LogP contribution >= 0.6 is 12.2 Å². The summed E-state index contributed by atoms with van der Waals surface area (Å²) in [7, 11) is 0. The van der Waals surface area contributed by atoms with E-state index in [4.69, 9.17) is 22.7 Å². The number of nitrogens with two attached hydrogens (primary N) is 1. The molecule has 0 aromatic carbocycles. The highest BCUT2D eigenvalue weighted by Crippen LogP contribution is 2.19. The van der Waals surface area contributed by atoms with Gasteiger partial charge in [-0.15, -0.1) is 0 Å². The largest absolute Gasteiger partial charge is 0.488 e. The summed E-state index contributed by atoms with van der Waals surface area (Å²) in [6.45, 7) is 4.28. The van der Waals surface area contributed by atoms with Gasteiger partial charge in [-0.05, 0) is 25.8 Å². The second kappa shape index (κ2) is 8.03. The van der Waals surface area contributed by atoms with Crippen LogP contribution in [0.25, 0.3) is 0 Å². The summed E-state index contributed by atoms with van der Waals surface area (Å²) in [6.07, 6.45) is 9.56. The lowest BCUT2D eigenvalue weighted by Crippen LogP contribution is -2.17. The van der Waals surface area contributed by atoms with Gasteiger partial charge < -0.3 is 10.5 Å². The highest BCUT2D eigenvalue weighted by molar-refractivity contribution is 7.80. The van der Waals surface area contributed by atoms with Gasteiger partial charge in [0.05, 0.1) is 17.9 Å². The molecule has 0 aliphatic rings. The van der Waals surface area contributed by atoms with E-state index in [1.165, 1.54) is 25.7 Å². The maximum absolute atomic E-state index is 5.86. The lowest BCUT2D eigenvalue weighted by atomic mass is 10.1.